The Morgan fingerprint density at radius 1 is 1.12 bits per heavy atom. The Morgan fingerprint density at radius 2 is 1.88 bits per heavy atom. The van der Waals surface area contributed by atoms with Gasteiger partial charge in [0.15, 0.2) is 5.58 Å². The molecule has 0 atom stereocenters. The second kappa shape index (κ2) is 6.57. The summed E-state index contributed by atoms with van der Waals surface area (Å²) in [4.78, 5) is 13.3. The molecule has 124 valence electrons. The van der Waals surface area contributed by atoms with Crippen molar-refractivity contribution in [2.24, 2.45) is 0 Å². The third-order valence-electron chi connectivity index (χ3n) is 4.77. The quantitative estimate of drug-likeness (QED) is 0.736. The van der Waals surface area contributed by atoms with E-state index in [-0.39, 0.29) is 0 Å². The van der Waals surface area contributed by atoms with Crippen LogP contribution < -0.4 is 4.90 Å². The van der Waals surface area contributed by atoms with E-state index in [4.69, 9.17) is 4.52 Å². The van der Waals surface area contributed by atoms with E-state index in [1.165, 1.54) is 0 Å². The molecule has 6 heteroatoms. The number of benzene rings is 1. The average Bonchev–Trinajstić information content (AvgIpc) is 3.06. The van der Waals surface area contributed by atoms with Gasteiger partial charge in [-0.05, 0) is 38.1 Å². The summed E-state index contributed by atoms with van der Waals surface area (Å²) in [6.07, 6.45) is 5.81. The first-order chi connectivity index (χ1) is 11.8. The van der Waals surface area contributed by atoms with Crippen molar-refractivity contribution in [3.8, 4) is 0 Å². The highest BCUT2D eigenvalue weighted by molar-refractivity contribution is 5.79. The van der Waals surface area contributed by atoms with Gasteiger partial charge < -0.3 is 9.42 Å². The van der Waals surface area contributed by atoms with E-state index in [0.717, 1.165) is 55.1 Å². The molecule has 1 aliphatic rings. The zero-order valence-electron chi connectivity index (χ0n) is 13.8. The number of anilines is 1. The van der Waals surface area contributed by atoms with Crippen molar-refractivity contribution >= 4 is 16.9 Å². The number of rotatable bonds is 4. The van der Waals surface area contributed by atoms with Crippen LogP contribution in [0.1, 0.15) is 18.5 Å². The summed E-state index contributed by atoms with van der Waals surface area (Å²) in [6.45, 7) is 2.78. The molecule has 0 radical (unpaired) electrons. The Hall–Kier alpha value is -2.47. The van der Waals surface area contributed by atoms with Crippen LogP contribution in [0.4, 0.5) is 5.95 Å². The Bertz CT molecular complexity index is 795. The van der Waals surface area contributed by atoms with Gasteiger partial charge in [-0.2, -0.15) is 0 Å². The van der Waals surface area contributed by atoms with E-state index in [1.54, 1.807) is 12.4 Å². The predicted molar refractivity (Wildman–Crippen MR) is 92.7 cm³/mol. The molecule has 3 heterocycles. The second-order valence-electron chi connectivity index (χ2n) is 6.31. The molecule has 4 rings (SSSR count). The highest BCUT2D eigenvalue weighted by Crippen LogP contribution is 2.23. The molecule has 0 spiro atoms. The van der Waals surface area contributed by atoms with Gasteiger partial charge in [0.1, 0.15) is 5.69 Å². The van der Waals surface area contributed by atoms with Crippen LogP contribution in [0.15, 0.2) is 47.2 Å². The van der Waals surface area contributed by atoms with Crippen LogP contribution in [-0.4, -0.2) is 46.2 Å². The topological polar surface area (TPSA) is 58.3 Å². The zero-order valence-corrected chi connectivity index (χ0v) is 13.8. The van der Waals surface area contributed by atoms with E-state index < -0.39 is 0 Å². The van der Waals surface area contributed by atoms with Gasteiger partial charge >= 0.3 is 0 Å². The lowest BCUT2D eigenvalue weighted by Crippen LogP contribution is -2.43. The maximum Gasteiger partial charge on any atom is 0.225 e. The molecule has 3 aromatic rings. The van der Waals surface area contributed by atoms with Crippen LogP contribution in [0.3, 0.4) is 0 Å². The summed E-state index contributed by atoms with van der Waals surface area (Å²) in [6, 6.07) is 10.4. The van der Waals surface area contributed by atoms with E-state index in [2.05, 4.69) is 38.0 Å². The summed E-state index contributed by atoms with van der Waals surface area (Å²) in [5, 5.41) is 5.36. The van der Waals surface area contributed by atoms with Gasteiger partial charge in [-0.15, -0.1) is 0 Å². The Balaban J connectivity index is 1.39. The molecule has 0 bridgehead atoms. The zero-order chi connectivity index (χ0) is 16.4. The third-order valence-corrected chi connectivity index (χ3v) is 4.77. The second-order valence-corrected chi connectivity index (χ2v) is 6.31. The number of para-hydroxylation sites is 1. The number of hydrogen-bond donors (Lipinski definition) is 0. The van der Waals surface area contributed by atoms with Gasteiger partial charge in [-0.25, -0.2) is 9.97 Å². The Labute approximate surface area is 141 Å². The van der Waals surface area contributed by atoms with Crippen LogP contribution in [0.5, 0.6) is 0 Å². The van der Waals surface area contributed by atoms with Crippen LogP contribution in [0.2, 0.25) is 0 Å². The highest BCUT2D eigenvalue weighted by atomic mass is 16.5. The lowest BCUT2D eigenvalue weighted by Gasteiger charge is -2.36. The van der Waals surface area contributed by atoms with Crippen molar-refractivity contribution in [2.75, 3.05) is 25.0 Å². The van der Waals surface area contributed by atoms with Crippen molar-refractivity contribution in [3.63, 3.8) is 0 Å². The standard InChI is InChI=1S/C18H21N5O/c1-22(13-16-15-5-2-3-6-17(15)24-21-16)14-7-11-23(12-8-14)18-19-9-4-10-20-18/h2-6,9-10,14H,7-8,11-13H2,1H3. The number of aromatic nitrogens is 3. The maximum absolute atomic E-state index is 5.41. The van der Waals surface area contributed by atoms with E-state index >= 15 is 0 Å². The van der Waals surface area contributed by atoms with Crippen LogP contribution in [-0.2, 0) is 6.54 Å². The molecular weight excluding hydrogens is 302 g/mol. The SMILES string of the molecule is CN(Cc1noc2ccccc12)C1CCN(c2ncccn2)CC1. The normalized spacial score (nSPS) is 16.2. The summed E-state index contributed by atoms with van der Waals surface area (Å²) >= 11 is 0. The fraction of sp³-hybridized carbons (Fsp3) is 0.389. The predicted octanol–water partition coefficient (Wildman–Crippen LogP) is 2.72. The molecule has 24 heavy (non-hydrogen) atoms. The molecular formula is C18H21N5O. The lowest BCUT2D eigenvalue weighted by molar-refractivity contribution is 0.195. The molecule has 0 N–H and O–H groups in total. The number of piperidine rings is 1. The fourth-order valence-electron chi connectivity index (χ4n) is 3.38. The molecule has 2 aromatic heterocycles. The minimum atomic E-state index is 0.542. The first kappa shape index (κ1) is 15.1. The van der Waals surface area contributed by atoms with Crippen LogP contribution in [0.25, 0.3) is 11.0 Å². The summed E-state index contributed by atoms with van der Waals surface area (Å²) in [7, 11) is 2.17. The van der Waals surface area contributed by atoms with Crippen LogP contribution in [0, 0.1) is 0 Å². The Kier molecular flexibility index (Phi) is 4.13. The van der Waals surface area contributed by atoms with Gasteiger partial charge in [-0.3, -0.25) is 4.90 Å². The lowest BCUT2D eigenvalue weighted by atomic mass is 10.0. The minimum Gasteiger partial charge on any atom is -0.356 e. The Morgan fingerprint density at radius 3 is 2.67 bits per heavy atom. The summed E-state index contributed by atoms with van der Waals surface area (Å²) in [5.74, 6) is 0.834. The number of fused-ring (bicyclic) bond motifs is 1. The smallest absolute Gasteiger partial charge is 0.225 e. The molecule has 6 nitrogen and oxygen atoms in total. The highest BCUT2D eigenvalue weighted by Gasteiger charge is 2.24. The molecule has 0 aliphatic carbocycles. The van der Waals surface area contributed by atoms with Gasteiger partial charge in [0, 0.05) is 43.5 Å². The van der Waals surface area contributed by atoms with Gasteiger partial charge in [0.25, 0.3) is 0 Å². The van der Waals surface area contributed by atoms with Crippen LogP contribution >= 0.6 is 0 Å². The minimum absolute atomic E-state index is 0.542. The fourth-order valence-corrected chi connectivity index (χ4v) is 3.38. The molecule has 1 aliphatic heterocycles. The molecule has 1 aromatic carbocycles. The number of nitrogens with zero attached hydrogens (tertiary/aromatic N) is 5. The molecule has 1 fully saturated rings. The van der Waals surface area contributed by atoms with Crippen molar-refractivity contribution < 1.29 is 4.52 Å². The van der Waals surface area contributed by atoms with E-state index in [1.807, 2.05) is 24.3 Å². The summed E-state index contributed by atoms with van der Waals surface area (Å²) < 4.78 is 5.41. The molecule has 0 unspecified atom stereocenters. The maximum atomic E-state index is 5.41. The summed E-state index contributed by atoms with van der Waals surface area (Å²) in [5.41, 5.74) is 1.87. The average molecular weight is 323 g/mol. The number of hydrogen-bond acceptors (Lipinski definition) is 6. The van der Waals surface area contributed by atoms with Crippen molar-refractivity contribution in [3.05, 3.63) is 48.4 Å². The molecule has 0 amide bonds. The monoisotopic (exact) mass is 323 g/mol. The first-order valence-electron chi connectivity index (χ1n) is 8.37. The first-order valence-corrected chi connectivity index (χ1v) is 8.37. The van der Waals surface area contributed by atoms with Crippen molar-refractivity contribution in [1.82, 2.24) is 20.0 Å². The van der Waals surface area contributed by atoms with Gasteiger partial charge in [-0.1, -0.05) is 17.3 Å². The van der Waals surface area contributed by atoms with E-state index in [0.29, 0.717) is 6.04 Å². The van der Waals surface area contributed by atoms with Gasteiger partial charge in [0.2, 0.25) is 5.95 Å². The van der Waals surface area contributed by atoms with Crippen molar-refractivity contribution in [2.45, 2.75) is 25.4 Å². The molecule has 0 saturated carbocycles. The largest absolute Gasteiger partial charge is 0.356 e. The third kappa shape index (κ3) is 2.97. The molecule has 1 saturated heterocycles. The van der Waals surface area contributed by atoms with Crippen molar-refractivity contribution in [1.29, 1.82) is 0 Å². The van der Waals surface area contributed by atoms with E-state index in [9.17, 15) is 0 Å². The van der Waals surface area contributed by atoms with Gasteiger partial charge in [0.05, 0.1) is 0 Å².